The molecule has 46 heavy (non-hydrogen) atoms. The molecule has 3 aromatic rings. The number of benzene rings is 2. The number of hydrogen-bond donors (Lipinski definition) is 1. The van der Waals surface area contributed by atoms with Gasteiger partial charge < -0.3 is 29.0 Å². The van der Waals surface area contributed by atoms with E-state index in [1.165, 1.54) is 38.4 Å². The molecule has 1 amide bonds. The van der Waals surface area contributed by atoms with Gasteiger partial charge in [-0.2, -0.15) is 13.2 Å². The normalized spacial score (nSPS) is 20.3. The SMILES string of the molecule is COc1ccnc(C(=O)N[C@H]2COC[C@H](Cc3ccc(C(F)(F)F)cc3)[C@@H](Cc3ccccc3)[C@H](C)OC2=O)c1OCOC(C)=O. The Morgan fingerprint density at radius 2 is 1.70 bits per heavy atom. The maximum Gasteiger partial charge on any atom is 0.416 e. The first-order valence-electron chi connectivity index (χ1n) is 14.5. The van der Waals surface area contributed by atoms with Crippen molar-refractivity contribution in [2.24, 2.45) is 11.8 Å². The highest BCUT2D eigenvalue weighted by atomic mass is 19.4. The van der Waals surface area contributed by atoms with E-state index in [-0.39, 0.29) is 42.2 Å². The first kappa shape index (κ1) is 34.2. The summed E-state index contributed by atoms with van der Waals surface area (Å²) in [6.07, 6.45) is -2.91. The average molecular weight is 645 g/mol. The lowest BCUT2D eigenvalue weighted by molar-refractivity contribution is -0.154. The van der Waals surface area contributed by atoms with E-state index in [9.17, 15) is 27.6 Å². The molecule has 1 fully saturated rings. The maximum absolute atomic E-state index is 13.4. The third kappa shape index (κ3) is 9.19. The predicted molar refractivity (Wildman–Crippen MR) is 158 cm³/mol. The first-order chi connectivity index (χ1) is 22.0. The highest BCUT2D eigenvalue weighted by Crippen LogP contribution is 2.33. The number of esters is 2. The molecule has 4 rings (SSSR count). The van der Waals surface area contributed by atoms with E-state index in [0.717, 1.165) is 17.7 Å². The van der Waals surface area contributed by atoms with Crippen LogP contribution in [0, 0.1) is 11.8 Å². The third-order valence-electron chi connectivity index (χ3n) is 7.58. The third-order valence-corrected chi connectivity index (χ3v) is 7.58. The van der Waals surface area contributed by atoms with Gasteiger partial charge in [0.25, 0.3) is 5.91 Å². The van der Waals surface area contributed by atoms with Gasteiger partial charge in [-0.3, -0.25) is 9.59 Å². The molecule has 1 aliphatic rings. The highest BCUT2D eigenvalue weighted by molar-refractivity contribution is 5.98. The van der Waals surface area contributed by atoms with Gasteiger partial charge in [-0.1, -0.05) is 42.5 Å². The lowest BCUT2D eigenvalue weighted by Crippen LogP contribution is -2.46. The number of pyridine rings is 1. The van der Waals surface area contributed by atoms with Gasteiger partial charge in [0.1, 0.15) is 6.10 Å². The molecular weight excluding hydrogens is 609 g/mol. The molecule has 13 heteroatoms. The minimum Gasteiger partial charge on any atom is -0.493 e. The van der Waals surface area contributed by atoms with Gasteiger partial charge in [-0.05, 0) is 48.9 Å². The van der Waals surface area contributed by atoms with Crippen LogP contribution < -0.4 is 14.8 Å². The highest BCUT2D eigenvalue weighted by Gasteiger charge is 2.36. The quantitative estimate of drug-likeness (QED) is 0.245. The van der Waals surface area contributed by atoms with Crippen molar-refractivity contribution < 1.29 is 51.2 Å². The largest absolute Gasteiger partial charge is 0.493 e. The van der Waals surface area contributed by atoms with Gasteiger partial charge in [0, 0.05) is 25.1 Å². The molecule has 1 N–H and O–H groups in total. The van der Waals surface area contributed by atoms with Crippen molar-refractivity contribution >= 4 is 17.8 Å². The number of carbonyl (C=O) groups is 3. The number of nitrogens with one attached hydrogen (secondary N) is 1. The number of alkyl halides is 3. The molecule has 0 radical (unpaired) electrons. The van der Waals surface area contributed by atoms with Crippen LogP contribution in [-0.2, 0) is 42.8 Å². The Morgan fingerprint density at radius 1 is 1.00 bits per heavy atom. The Hall–Kier alpha value is -4.65. The summed E-state index contributed by atoms with van der Waals surface area (Å²) in [4.78, 5) is 42.0. The van der Waals surface area contributed by atoms with Crippen LogP contribution in [0.25, 0.3) is 0 Å². The Kier molecular flexibility index (Phi) is 11.6. The molecule has 0 bridgehead atoms. The van der Waals surface area contributed by atoms with E-state index in [0.29, 0.717) is 18.4 Å². The van der Waals surface area contributed by atoms with Crippen molar-refractivity contribution in [3.8, 4) is 11.5 Å². The van der Waals surface area contributed by atoms with Gasteiger partial charge >= 0.3 is 18.1 Å². The summed E-state index contributed by atoms with van der Waals surface area (Å²) in [6, 6.07) is 14.8. The minimum atomic E-state index is -4.45. The number of rotatable bonds is 10. The Morgan fingerprint density at radius 3 is 2.35 bits per heavy atom. The zero-order chi connectivity index (χ0) is 33.3. The standard InChI is InChI=1S/C33H35F3N2O8/c1-20-26(16-22-7-5-4-6-8-22)24(15-23-9-11-25(12-10-23)33(34,35)36)17-43-18-27(32(41)46-20)38-31(40)29-30(45-19-44-21(2)39)28(42-3)13-14-37-29/h4-14,20,24,26-27H,15-19H2,1-3H3,(H,38,40)/t20-,24-,26-,27-/m0/s1. The Bertz CT molecular complexity index is 1480. The lowest BCUT2D eigenvalue weighted by atomic mass is 9.80. The summed E-state index contributed by atoms with van der Waals surface area (Å²) in [5.74, 6) is -2.62. The molecule has 10 nitrogen and oxygen atoms in total. The van der Waals surface area contributed by atoms with Gasteiger partial charge in [-0.25, -0.2) is 9.78 Å². The molecule has 246 valence electrons. The monoisotopic (exact) mass is 644 g/mol. The van der Waals surface area contributed by atoms with Crippen LogP contribution in [0.2, 0.25) is 0 Å². The summed E-state index contributed by atoms with van der Waals surface area (Å²) in [6.45, 7) is 2.33. The molecule has 2 aromatic carbocycles. The summed E-state index contributed by atoms with van der Waals surface area (Å²) in [5, 5.41) is 2.59. The van der Waals surface area contributed by atoms with Gasteiger partial charge in [0.15, 0.2) is 23.2 Å². The molecule has 0 unspecified atom stereocenters. The molecular formula is C33H35F3N2O8. The second-order valence-electron chi connectivity index (χ2n) is 10.8. The first-order valence-corrected chi connectivity index (χ1v) is 14.5. The molecule has 4 atom stereocenters. The topological polar surface area (TPSA) is 122 Å². The minimum absolute atomic E-state index is 0.103. The number of methoxy groups -OCH3 is 1. The van der Waals surface area contributed by atoms with Crippen LogP contribution >= 0.6 is 0 Å². The van der Waals surface area contributed by atoms with Crippen molar-refractivity contribution in [2.75, 3.05) is 27.1 Å². The van der Waals surface area contributed by atoms with Crippen LogP contribution in [0.5, 0.6) is 11.5 Å². The van der Waals surface area contributed by atoms with Crippen molar-refractivity contribution in [1.82, 2.24) is 10.3 Å². The van der Waals surface area contributed by atoms with Crippen LogP contribution in [0.4, 0.5) is 13.2 Å². The summed E-state index contributed by atoms with van der Waals surface area (Å²) < 4.78 is 66.9. The second-order valence-corrected chi connectivity index (χ2v) is 10.8. The zero-order valence-electron chi connectivity index (χ0n) is 25.5. The van der Waals surface area contributed by atoms with Crippen LogP contribution in [0.3, 0.4) is 0 Å². The number of aromatic nitrogens is 1. The molecule has 1 saturated heterocycles. The fourth-order valence-corrected chi connectivity index (χ4v) is 5.22. The Balaban J connectivity index is 1.55. The number of ether oxygens (including phenoxy) is 5. The Labute approximate surface area is 264 Å². The number of hydrogen-bond acceptors (Lipinski definition) is 9. The fourth-order valence-electron chi connectivity index (χ4n) is 5.22. The van der Waals surface area contributed by atoms with E-state index >= 15 is 0 Å². The van der Waals surface area contributed by atoms with Gasteiger partial charge in [0.2, 0.25) is 6.79 Å². The van der Waals surface area contributed by atoms with Crippen molar-refractivity contribution in [3.63, 3.8) is 0 Å². The fraction of sp³-hybridized carbons (Fsp3) is 0.394. The van der Waals surface area contributed by atoms with Gasteiger partial charge in [0.05, 0.1) is 25.9 Å². The number of halogens is 3. The van der Waals surface area contributed by atoms with Crippen LogP contribution in [0.15, 0.2) is 66.9 Å². The van der Waals surface area contributed by atoms with E-state index < -0.39 is 48.5 Å². The lowest BCUT2D eigenvalue weighted by Gasteiger charge is -2.31. The molecule has 2 heterocycles. The molecule has 0 spiro atoms. The van der Waals surface area contributed by atoms with E-state index in [1.54, 1.807) is 6.92 Å². The molecule has 0 saturated carbocycles. The van der Waals surface area contributed by atoms with Crippen molar-refractivity contribution in [3.05, 3.63) is 89.2 Å². The van der Waals surface area contributed by atoms with E-state index in [2.05, 4.69) is 10.3 Å². The van der Waals surface area contributed by atoms with Crippen LogP contribution in [0.1, 0.15) is 41.0 Å². The number of cyclic esters (lactones) is 1. The maximum atomic E-state index is 13.4. The molecule has 1 aliphatic heterocycles. The smallest absolute Gasteiger partial charge is 0.416 e. The second kappa shape index (κ2) is 15.6. The molecule has 0 aliphatic carbocycles. The van der Waals surface area contributed by atoms with Gasteiger partial charge in [-0.15, -0.1) is 0 Å². The average Bonchev–Trinajstić information content (AvgIpc) is 3.06. The summed E-state index contributed by atoms with van der Waals surface area (Å²) in [5.41, 5.74) is 0.693. The molecule has 1 aromatic heterocycles. The predicted octanol–water partition coefficient (Wildman–Crippen LogP) is 4.79. The summed E-state index contributed by atoms with van der Waals surface area (Å²) in [7, 11) is 1.35. The van der Waals surface area contributed by atoms with E-state index in [4.69, 9.17) is 23.7 Å². The number of carbonyl (C=O) groups excluding carboxylic acids is 3. The number of amides is 1. The van der Waals surface area contributed by atoms with Crippen molar-refractivity contribution in [2.45, 2.75) is 45.0 Å². The summed E-state index contributed by atoms with van der Waals surface area (Å²) >= 11 is 0. The van der Waals surface area contributed by atoms with E-state index in [1.807, 2.05) is 30.3 Å². The zero-order valence-corrected chi connectivity index (χ0v) is 25.5. The van der Waals surface area contributed by atoms with Crippen LogP contribution in [-0.4, -0.2) is 62.1 Å². The van der Waals surface area contributed by atoms with Crippen molar-refractivity contribution in [1.29, 1.82) is 0 Å². The number of nitrogens with zero attached hydrogens (tertiary/aromatic N) is 1.